The van der Waals surface area contributed by atoms with Gasteiger partial charge in [-0.05, 0) is 24.6 Å². The molecular weight excluding hydrogens is 388 g/mol. The first-order valence-corrected chi connectivity index (χ1v) is 9.87. The van der Waals surface area contributed by atoms with Gasteiger partial charge in [-0.15, -0.1) is 0 Å². The van der Waals surface area contributed by atoms with Crippen LogP contribution in [-0.2, 0) is 16.1 Å². The maximum absolute atomic E-state index is 12.6. The van der Waals surface area contributed by atoms with E-state index in [2.05, 4.69) is 10.4 Å². The third-order valence-electron chi connectivity index (χ3n) is 4.97. The minimum absolute atomic E-state index is 0.0450. The van der Waals surface area contributed by atoms with Crippen molar-refractivity contribution in [3.63, 3.8) is 0 Å². The standard InChI is InChI=1S/C22H21ClN4O2/c1-15(16-6-3-2-4-7-16)24-20(28)14-26-21-13-19(17-8-5-9-18(23)12-17)25-27(21)11-10-22(26)29/h2-9,12-13,15H,10-11,14H2,1H3,(H,24,28)/t15-/m1/s1. The van der Waals surface area contributed by atoms with E-state index < -0.39 is 0 Å². The van der Waals surface area contributed by atoms with Crippen molar-refractivity contribution in [3.8, 4) is 11.3 Å². The highest BCUT2D eigenvalue weighted by Crippen LogP contribution is 2.29. The Morgan fingerprint density at radius 1 is 1.17 bits per heavy atom. The number of hydrogen-bond donors (Lipinski definition) is 1. The molecule has 7 heteroatoms. The van der Waals surface area contributed by atoms with Crippen LogP contribution in [0.25, 0.3) is 11.3 Å². The Balaban J connectivity index is 1.53. The molecule has 1 aliphatic heterocycles. The number of nitrogens with one attached hydrogen (secondary N) is 1. The minimum atomic E-state index is -0.214. The average Bonchev–Trinajstić information content (AvgIpc) is 3.15. The lowest BCUT2D eigenvalue weighted by Gasteiger charge is -2.27. The highest BCUT2D eigenvalue weighted by Gasteiger charge is 2.28. The first-order valence-electron chi connectivity index (χ1n) is 9.50. The van der Waals surface area contributed by atoms with Crippen LogP contribution in [0.5, 0.6) is 0 Å². The van der Waals surface area contributed by atoms with Crippen LogP contribution in [0.4, 0.5) is 5.82 Å². The molecule has 2 heterocycles. The monoisotopic (exact) mass is 408 g/mol. The van der Waals surface area contributed by atoms with Crippen LogP contribution in [0.1, 0.15) is 24.9 Å². The van der Waals surface area contributed by atoms with Gasteiger partial charge >= 0.3 is 0 Å². The number of fused-ring (bicyclic) bond motifs is 1. The van der Waals surface area contributed by atoms with Crippen LogP contribution < -0.4 is 10.2 Å². The molecule has 0 unspecified atom stereocenters. The lowest BCUT2D eigenvalue weighted by Crippen LogP contribution is -2.44. The number of aromatic nitrogens is 2. The number of amides is 2. The normalized spacial score (nSPS) is 14.4. The van der Waals surface area contributed by atoms with Gasteiger partial charge in [0.25, 0.3) is 0 Å². The maximum Gasteiger partial charge on any atom is 0.240 e. The highest BCUT2D eigenvalue weighted by molar-refractivity contribution is 6.30. The molecule has 1 aliphatic rings. The average molecular weight is 409 g/mol. The van der Waals surface area contributed by atoms with Gasteiger partial charge in [0.05, 0.1) is 18.3 Å². The molecule has 0 fully saturated rings. The Hall–Kier alpha value is -3.12. The largest absolute Gasteiger partial charge is 0.348 e. The van der Waals surface area contributed by atoms with E-state index in [9.17, 15) is 9.59 Å². The summed E-state index contributed by atoms with van der Waals surface area (Å²) >= 11 is 6.09. The van der Waals surface area contributed by atoms with Crippen molar-refractivity contribution >= 4 is 29.2 Å². The van der Waals surface area contributed by atoms with E-state index in [-0.39, 0.29) is 24.4 Å². The number of benzene rings is 2. The zero-order valence-corrected chi connectivity index (χ0v) is 16.8. The van der Waals surface area contributed by atoms with E-state index in [1.54, 1.807) is 10.7 Å². The maximum atomic E-state index is 12.6. The fraction of sp³-hybridized carbons (Fsp3) is 0.227. The third-order valence-corrected chi connectivity index (χ3v) is 5.21. The van der Waals surface area contributed by atoms with Crippen LogP contribution in [0.2, 0.25) is 5.02 Å². The molecule has 148 valence electrons. The van der Waals surface area contributed by atoms with Crippen molar-refractivity contribution in [3.05, 3.63) is 71.2 Å². The van der Waals surface area contributed by atoms with Gasteiger partial charge < -0.3 is 5.32 Å². The van der Waals surface area contributed by atoms with Gasteiger partial charge in [-0.1, -0.05) is 54.1 Å². The predicted octanol–water partition coefficient (Wildman–Crippen LogP) is 3.82. The number of nitrogens with zero attached hydrogens (tertiary/aromatic N) is 3. The lowest BCUT2D eigenvalue weighted by atomic mass is 10.1. The zero-order valence-electron chi connectivity index (χ0n) is 16.0. The number of anilines is 1. The molecule has 29 heavy (non-hydrogen) atoms. The van der Waals surface area contributed by atoms with Crippen molar-refractivity contribution in [1.82, 2.24) is 15.1 Å². The van der Waals surface area contributed by atoms with Crippen molar-refractivity contribution in [2.45, 2.75) is 25.9 Å². The molecule has 2 amide bonds. The van der Waals surface area contributed by atoms with Crippen LogP contribution >= 0.6 is 11.6 Å². The molecular formula is C22H21ClN4O2. The van der Waals surface area contributed by atoms with Gasteiger partial charge in [0, 0.05) is 23.1 Å². The predicted molar refractivity (Wildman–Crippen MR) is 113 cm³/mol. The fourth-order valence-corrected chi connectivity index (χ4v) is 3.66. The van der Waals surface area contributed by atoms with Crippen LogP contribution in [0.3, 0.4) is 0 Å². The Labute approximate surface area is 174 Å². The van der Waals surface area contributed by atoms with Gasteiger partial charge in [-0.25, -0.2) is 4.68 Å². The lowest BCUT2D eigenvalue weighted by molar-refractivity contribution is -0.124. The van der Waals surface area contributed by atoms with Crippen LogP contribution in [0.15, 0.2) is 60.7 Å². The number of halogens is 1. The molecule has 6 nitrogen and oxygen atoms in total. The summed E-state index contributed by atoms with van der Waals surface area (Å²) in [5.74, 6) is 0.324. The molecule has 2 aromatic carbocycles. The van der Waals surface area contributed by atoms with Gasteiger partial charge in [-0.3, -0.25) is 14.5 Å². The summed E-state index contributed by atoms with van der Waals surface area (Å²) in [4.78, 5) is 26.6. The molecule has 0 radical (unpaired) electrons. The second-order valence-electron chi connectivity index (χ2n) is 7.05. The molecule has 0 bridgehead atoms. The van der Waals surface area contributed by atoms with E-state index >= 15 is 0 Å². The highest BCUT2D eigenvalue weighted by atomic mass is 35.5. The first-order chi connectivity index (χ1) is 14.0. The number of carbonyl (C=O) groups excluding carboxylic acids is 2. The summed E-state index contributed by atoms with van der Waals surface area (Å²) in [7, 11) is 0. The SMILES string of the molecule is C[C@@H](NC(=O)CN1C(=O)CCn2nc(-c3cccc(Cl)c3)cc21)c1ccccc1. The molecule has 4 rings (SSSR count). The number of rotatable bonds is 5. The van der Waals surface area contributed by atoms with Crippen molar-refractivity contribution in [2.24, 2.45) is 0 Å². The Bertz CT molecular complexity index is 1050. The van der Waals surface area contributed by atoms with Gasteiger partial charge in [0.2, 0.25) is 11.8 Å². The quantitative estimate of drug-likeness (QED) is 0.697. The van der Waals surface area contributed by atoms with Crippen LogP contribution in [0, 0.1) is 0 Å². The molecule has 0 saturated heterocycles. The van der Waals surface area contributed by atoms with E-state index in [0.29, 0.717) is 23.8 Å². The number of aryl methyl sites for hydroxylation is 1. The smallest absolute Gasteiger partial charge is 0.240 e. The second-order valence-corrected chi connectivity index (χ2v) is 7.49. The molecule has 1 atom stereocenters. The summed E-state index contributed by atoms with van der Waals surface area (Å²) in [6, 6.07) is 18.8. The van der Waals surface area contributed by atoms with Crippen molar-refractivity contribution in [1.29, 1.82) is 0 Å². The Kier molecular flexibility index (Phi) is 5.36. The third kappa shape index (κ3) is 4.17. The molecule has 3 aromatic rings. The minimum Gasteiger partial charge on any atom is -0.348 e. The summed E-state index contributed by atoms with van der Waals surface area (Å²) in [5, 5.41) is 8.18. The summed E-state index contributed by atoms with van der Waals surface area (Å²) in [6.07, 6.45) is 0.311. The van der Waals surface area contributed by atoms with E-state index in [0.717, 1.165) is 16.8 Å². The topological polar surface area (TPSA) is 67.2 Å². The molecule has 0 saturated carbocycles. The fourth-order valence-electron chi connectivity index (χ4n) is 3.47. The molecule has 0 aliphatic carbocycles. The second kappa shape index (κ2) is 8.09. The Morgan fingerprint density at radius 3 is 2.72 bits per heavy atom. The zero-order chi connectivity index (χ0) is 20.4. The van der Waals surface area contributed by atoms with Crippen LogP contribution in [-0.4, -0.2) is 28.1 Å². The van der Waals surface area contributed by atoms with Gasteiger partial charge in [0.15, 0.2) is 0 Å². The van der Waals surface area contributed by atoms with Gasteiger partial charge in [-0.2, -0.15) is 5.10 Å². The summed E-state index contributed by atoms with van der Waals surface area (Å²) in [5.41, 5.74) is 2.60. The number of carbonyl (C=O) groups is 2. The number of hydrogen-bond acceptors (Lipinski definition) is 3. The molecule has 0 spiro atoms. The van der Waals surface area contributed by atoms with E-state index in [4.69, 9.17) is 11.6 Å². The van der Waals surface area contributed by atoms with Crippen molar-refractivity contribution in [2.75, 3.05) is 11.4 Å². The Morgan fingerprint density at radius 2 is 1.97 bits per heavy atom. The van der Waals surface area contributed by atoms with E-state index in [1.165, 1.54) is 4.90 Å². The summed E-state index contributed by atoms with van der Waals surface area (Å²) < 4.78 is 1.77. The molecule has 1 N–H and O–H groups in total. The summed E-state index contributed by atoms with van der Waals surface area (Å²) in [6.45, 7) is 2.37. The van der Waals surface area contributed by atoms with E-state index in [1.807, 2.05) is 61.5 Å². The molecule has 1 aromatic heterocycles. The van der Waals surface area contributed by atoms with Gasteiger partial charge in [0.1, 0.15) is 12.4 Å². The first kappa shape index (κ1) is 19.2. The van der Waals surface area contributed by atoms with Crippen molar-refractivity contribution < 1.29 is 9.59 Å².